The standard InChI is InChI=1S/C27H30ClFN4O3/c28-21-5-3-6-22(29)25(21)18-8-10-31(11-9-18)16-20-19-4-1-2-7-23(19)33(17-24(30)34)26(20)27(35)32-12-14-36-15-13-32/h1-7,18H,8-17H2,(H2,30,34). The second-order valence-electron chi connectivity index (χ2n) is 9.49. The maximum Gasteiger partial charge on any atom is 0.271 e. The van der Waals surface area contributed by atoms with Crippen molar-refractivity contribution in [1.82, 2.24) is 14.4 Å². The minimum Gasteiger partial charge on any atom is -0.378 e. The molecule has 0 unspecified atom stereocenters. The molecule has 1 aromatic heterocycles. The monoisotopic (exact) mass is 512 g/mol. The van der Waals surface area contributed by atoms with Crippen molar-refractivity contribution in [3.8, 4) is 0 Å². The second kappa shape index (κ2) is 10.6. The molecule has 2 fully saturated rings. The third-order valence-electron chi connectivity index (χ3n) is 7.27. The number of morpholine rings is 1. The number of hydrogen-bond acceptors (Lipinski definition) is 4. The fraction of sp³-hybridized carbons (Fsp3) is 0.407. The van der Waals surface area contributed by atoms with Crippen LogP contribution in [-0.4, -0.2) is 65.6 Å². The zero-order chi connectivity index (χ0) is 25.2. The number of fused-ring (bicyclic) bond motifs is 1. The number of carbonyl (C=O) groups excluding carboxylic acids is 2. The van der Waals surface area contributed by atoms with Gasteiger partial charge >= 0.3 is 0 Å². The summed E-state index contributed by atoms with van der Waals surface area (Å²) in [4.78, 5) is 29.8. The number of amides is 2. The first-order chi connectivity index (χ1) is 17.4. The molecule has 190 valence electrons. The molecular formula is C27H30ClFN4O3. The average molecular weight is 513 g/mol. The SMILES string of the molecule is NC(=O)Cn1c(C(=O)N2CCOCC2)c(CN2CCC(c3c(F)cccc3Cl)CC2)c2ccccc21. The van der Waals surface area contributed by atoms with Crippen LogP contribution < -0.4 is 5.73 Å². The van der Waals surface area contributed by atoms with Gasteiger partial charge in [-0.25, -0.2) is 4.39 Å². The number of hydrogen-bond donors (Lipinski definition) is 1. The number of para-hydroxylation sites is 1. The van der Waals surface area contributed by atoms with Crippen LogP contribution in [0.15, 0.2) is 42.5 Å². The number of carbonyl (C=O) groups is 2. The van der Waals surface area contributed by atoms with Gasteiger partial charge in [-0.15, -0.1) is 0 Å². The van der Waals surface area contributed by atoms with Gasteiger partial charge in [0.25, 0.3) is 5.91 Å². The molecule has 0 aliphatic carbocycles. The van der Waals surface area contributed by atoms with Crippen molar-refractivity contribution in [3.05, 3.63) is 70.1 Å². The van der Waals surface area contributed by atoms with Gasteiger partial charge in [-0.2, -0.15) is 0 Å². The molecule has 3 aromatic rings. The largest absolute Gasteiger partial charge is 0.378 e. The van der Waals surface area contributed by atoms with Gasteiger partial charge in [0.1, 0.15) is 18.1 Å². The molecule has 36 heavy (non-hydrogen) atoms. The Bertz CT molecular complexity index is 1260. The quantitative estimate of drug-likeness (QED) is 0.545. The Morgan fingerprint density at radius 2 is 1.75 bits per heavy atom. The van der Waals surface area contributed by atoms with Crippen LogP contribution in [0, 0.1) is 5.82 Å². The van der Waals surface area contributed by atoms with Crippen LogP contribution in [0.25, 0.3) is 10.9 Å². The van der Waals surface area contributed by atoms with Gasteiger partial charge in [0.2, 0.25) is 5.91 Å². The number of aromatic nitrogens is 1. The minimum absolute atomic E-state index is 0.0561. The molecule has 2 aliphatic heterocycles. The van der Waals surface area contributed by atoms with Crippen molar-refractivity contribution in [2.75, 3.05) is 39.4 Å². The van der Waals surface area contributed by atoms with E-state index in [9.17, 15) is 14.0 Å². The summed E-state index contributed by atoms with van der Waals surface area (Å²) in [5.41, 5.74) is 8.41. The van der Waals surface area contributed by atoms with Gasteiger partial charge in [-0.3, -0.25) is 14.5 Å². The van der Waals surface area contributed by atoms with Crippen molar-refractivity contribution in [2.24, 2.45) is 5.73 Å². The Morgan fingerprint density at radius 1 is 1.03 bits per heavy atom. The maximum atomic E-state index is 14.5. The Balaban J connectivity index is 1.45. The van der Waals surface area contributed by atoms with Crippen molar-refractivity contribution < 1.29 is 18.7 Å². The summed E-state index contributed by atoms with van der Waals surface area (Å²) in [7, 11) is 0. The van der Waals surface area contributed by atoms with Gasteiger partial charge in [-0.1, -0.05) is 35.9 Å². The second-order valence-corrected chi connectivity index (χ2v) is 9.89. The third kappa shape index (κ3) is 4.85. The van der Waals surface area contributed by atoms with Crippen LogP contribution in [0.5, 0.6) is 0 Å². The van der Waals surface area contributed by atoms with Crippen LogP contribution in [0.3, 0.4) is 0 Å². The molecule has 2 saturated heterocycles. The molecule has 0 bridgehead atoms. The van der Waals surface area contributed by atoms with Crippen LogP contribution in [0.2, 0.25) is 5.02 Å². The summed E-state index contributed by atoms with van der Waals surface area (Å²) < 4.78 is 21.7. The van der Waals surface area contributed by atoms with E-state index in [0.29, 0.717) is 49.1 Å². The van der Waals surface area contributed by atoms with E-state index in [2.05, 4.69) is 4.90 Å². The van der Waals surface area contributed by atoms with Crippen LogP contribution in [0.4, 0.5) is 4.39 Å². The number of ether oxygens (including phenoxy) is 1. The number of primary amides is 1. The lowest BCUT2D eigenvalue weighted by Crippen LogP contribution is -2.42. The molecule has 2 aromatic carbocycles. The molecule has 7 nitrogen and oxygen atoms in total. The van der Waals surface area contributed by atoms with Gasteiger partial charge in [-0.05, 0) is 50.0 Å². The Labute approximate surface area is 214 Å². The van der Waals surface area contributed by atoms with Crippen LogP contribution >= 0.6 is 11.6 Å². The highest BCUT2D eigenvalue weighted by Crippen LogP contribution is 2.36. The average Bonchev–Trinajstić information content (AvgIpc) is 3.17. The summed E-state index contributed by atoms with van der Waals surface area (Å²) in [5, 5.41) is 1.41. The smallest absolute Gasteiger partial charge is 0.271 e. The fourth-order valence-electron chi connectivity index (χ4n) is 5.52. The zero-order valence-corrected chi connectivity index (χ0v) is 20.8. The summed E-state index contributed by atoms with van der Waals surface area (Å²) in [6.07, 6.45) is 1.54. The number of nitrogens with zero attached hydrogens (tertiary/aromatic N) is 3. The Hall–Kier alpha value is -2.94. The highest BCUT2D eigenvalue weighted by Gasteiger charge is 2.31. The molecule has 0 radical (unpaired) electrons. The van der Waals surface area contributed by atoms with Gasteiger partial charge in [0.05, 0.1) is 13.2 Å². The lowest BCUT2D eigenvalue weighted by atomic mass is 9.88. The normalized spacial score (nSPS) is 17.6. The first-order valence-electron chi connectivity index (χ1n) is 12.4. The highest BCUT2D eigenvalue weighted by atomic mass is 35.5. The number of rotatable bonds is 6. The molecule has 0 atom stereocenters. The number of halogens is 2. The molecule has 2 amide bonds. The predicted molar refractivity (Wildman–Crippen MR) is 137 cm³/mol. The van der Waals surface area contributed by atoms with E-state index in [1.165, 1.54) is 6.07 Å². The van der Waals surface area contributed by atoms with Crippen molar-refractivity contribution in [3.63, 3.8) is 0 Å². The number of likely N-dealkylation sites (tertiary alicyclic amines) is 1. The summed E-state index contributed by atoms with van der Waals surface area (Å²) in [6, 6.07) is 12.6. The number of piperidine rings is 1. The molecule has 0 spiro atoms. The lowest BCUT2D eigenvalue weighted by molar-refractivity contribution is -0.118. The van der Waals surface area contributed by atoms with E-state index >= 15 is 0 Å². The molecule has 2 aliphatic rings. The van der Waals surface area contributed by atoms with Gasteiger partial charge in [0, 0.05) is 46.7 Å². The minimum atomic E-state index is -0.499. The van der Waals surface area contributed by atoms with E-state index in [1.807, 2.05) is 24.3 Å². The lowest BCUT2D eigenvalue weighted by Gasteiger charge is -2.33. The molecule has 9 heteroatoms. The third-order valence-corrected chi connectivity index (χ3v) is 7.60. The van der Waals surface area contributed by atoms with Crippen molar-refractivity contribution >= 4 is 34.3 Å². The van der Waals surface area contributed by atoms with Gasteiger partial charge in [0.15, 0.2) is 0 Å². The molecule has 5 rings (SSSR count). The fourth-order valence-corrected chi connectivity index (χ4v) is 5.84. The predicted octanol–water partition coefficient (Wildman–Crippen LogP) is 3.77. The van der Waals surface area contributed by atoms with Crippen molar-refractivity contribution in [2.45, 2.75) is 31.8 Å². The van der Waals surface area contributed by atoms with Crippen LogP contribution in [-0.2, 0) is 22.6 Å². The summed E-state index contributed by atoms with van der Waals surface area (Å²) >= 11 is 6.32. The van der Waals surface area contributed by atoms with E-state index < -0.39 is 5.91 Å². The molecule has 3 heterocycles. The van der Waals surface area contributed by atoms with Gasteiger partial charge < -0.3 is 19.9 Å². The Morgan fingerprint density at radius 3 is 2.44 bits per heavy atom. The molecule has 2 N–H and O–H groups in total. The first kappa shape index (κ1) is 24.7. The van der Waals surface area contributed by atoms with E-state index in [1.54, 1.807) is 21.6 Å². The van der Waals surface area contributed by atoms with E-state index in [-0.39, 0.29) is 24.2 Å². The molecular weight excluding hydrogens is 483 g/mol. The maximum absolute atomic E-state index is 14.5. The number of nitrogens with two attached hydrogens (primary N) is 1. The molecule has 0 saturated carbocycles. The first-order valence-corrected chi connectivity index (χ1v) is 12.7. The summed E-state index contributed by atoms with van der Waals surface area (Å²) in [5.74, 6) is -0.811. The van der Waals surface area contributed by atoms with Crippen molar-refractivity contribution in [1.29, 1.82) is 0 Å². The highest BCUT2D eigenvalue weighted by molar-refractivity contribution is 6.31. The van der Waals surface area contributed by atoms with Crippen LogP contribution in [0.1, 0.15) is 40.4 Å². The summed E-state index contributed by atoms with van der Waals surface area (Å²) in [6.45, 7) is 3.96. The number of benzene rings is 2. The zero-order valence-electron chi connectivity index (χ0n) is 20.1. The topological polar surface area (TPSA) is 80.8 Å². The Kier molecular flexibility index (Phi) is 7.27. The van der Waals surface area contributed by atoms with E-state index in [0.717, 1.165) is 42.4 Å². The van der Waals surface area contributed by atoms with E-state index in [4.69, 9.17) is 22.1 Å².